The molecule has 0 N–H and O–H groups in total. The minimum Gasteiger partial charge on any atom is -0.496 e. The minimum absolute atomic E-state index is 0.0504. The summed E-state index contributed by atoms with van der Waals surface area (Å²) >= 11 is 1.33. The Labute approximate surface area is 203 Å². The van der Waals surface area contributed by atoms with E-state index in [1.165, 1.54) is 11.3 Å². The van der Waals surface area contributed by atoms with Crippen molar-refractivity contribution in [1.82, 2.24) is 4.98 Å². The predicted octanol–water partition coefficient (Wildman–Crippen LogP) is 6.56. The number of Topliss-reactive ketones (excluding diaryl/α,β-unsaturated/α-hetero) is 1. The molecule has 0 aliphatic rings. The van der Waals surface area contributed by atoms with Gasteiger partial charge in [0.25, 0.3) is 0 Å². The van der Waals surface area contributed by atoms with Gasteiger partial charge in [-0.15, -0.1) is 11.3 Å². The van der Waals surface area contributed by atoms with Crippen molar-refractivity contribution in [3.63, 3.8) is 0 Å². The van der Waals surface area contributed by atoms with Gasteiger partial charge in [-0.2, -0.15) is 0 Å². The first kappa shape index (κ1) is 27.5. The molecule has 8 heteroatoms. The van der Waals surface area contributed by atoms with Crippen molar-refractivity contribution < 1.29 is 23.5 Å². The van der Waals surface area contributed by atoms with Crippen molar-refractivity contribution in [2.45, 2.75) is 91.0 Å². The first-order valence-corrected chi connectivity index (χ1v) is 15.2. The molecule has 0 bridgehead atoms. The zero-order valence-corrected chi connectivity index (χ0v) is 23.4. The number of benzene rings is 1. The van der Waals surface area contributed by atoms with Crippen LogP contribution in [0.4, 0.5) is 0 Å². The predicted molar refractivity (Wildman–Crippen MR) is 137 cm³/mol. The summed E-state index contributed by atoms with van der Waals surface area (Å²) < 4.78 is 18.1. The lowest BCUT2D eigenvalue weighted by Gasteiger charge is -2.36. The number of methoxy groups -OCH3 is 1. The van der Waals surface area contributed by atoms with Crippen molar-refractivity contribution in [2.75, 3.05) is 13.7 Å². The van der Waals surface area contributed by atoms with E-state index in [2.05, 4.69) is 38.8 Å². The molecule has 1 aromatic heterocycles. The second-order valence-electron chi connectivity index (χ2n) is 10.9. The average molecular weight is 494 g/mol. The molecule has 0 atom stereocenters. The number of esters is 1. The maximum atomic E-state index is 12.6. The van der Waals surface area contributed by atoms with Gasteiger partial charge in [-0.05, 0) is 69.4 Å². The summed E-state index contributed by atoms with van der Waals surface area (Å²) in [5.74, 6) is 0.275. The second kappa shape index (κ2) is 10.7. The average Bonchev–Trinajstić information content (AvgIpc) is 3.09. The molecule has 0 radical (unpaired) electrons. The van der Waals surface area contributed by atoms with Crippen LogP contribution in [0.25, 0.3) is 10.2 Å². The van der Waals surface area contributed by atoms with Gasteiger partial charge in [-0.25, -0.2) is 4.98 Å². The highest BCUT2D eigenvalue weighted by atomic mass is 32.1. The molecule has 0 aliphatic carbocycles. The van der Waals surface area contributed by atoms with E-state index in [1.807, 2.05) is 32.9 Å². The normalized spacial score (nSPS) is 12.8. The van der Waals surface area contributed by atoms with Gasteiger partial charge in [-0.3, -0.25) is 9.59 Å². The number of carbonyl (C=O) groups is 2. The van der Waals surface area contributed by atoms with Gasteiger partial charge in [0.2, 0.25) is 0 Å². The lowest BCUT2D eigenvalue weighted by Crippen LogP contribution is -2.41. The number of hydrogen-bond donors (Lipinski definition) is 0. The number of aromatic nitrogens is 1. The van der Waals surface area contributed by atoms with Crippen LogP contribution >= 0.6 is 11.3 Å². The van der Waals surface area contributed by atoms with Crippen LogP contribution < -0.4 is 4.74 Å². The summed E-state index contributed by atoms with van der Waals surface area (Å²) in [5, 5.41) is 0.602. The van der Waals surface area contributed by atoms with E-state index < -0.39 is 13.9 Å². The third-order valence-electron chi connectivity index (χ3n) is 5.86. The Bertz CT molecular complexity index is 985. The number of thiazole rings is 1. The van der Waals surface area contributed by atoms with Gasteiger partial charge in [-0.1, -0.05) is 20.8 Å². The van der Waals surface area contributed by atoms with E-state index in [9.17, 15) is 9.59 Å². The zero-order valence-electron chi connectivity index (χ0n) is 21.6. The fraction of sp³-hybridized carbons (Fsp3) is 0.640. The van der Waals surface area contributed by atoms with Crippen LogP contribution in [0.2, 0.25) is 18.1 Å². The number of rotatable bonds is 10. The van der Waals surface area contributed by atoms with Gasteiger partial charge < -0.3 is 13.9 Å². The maximum absolute atomic E-state index is 12.6. The third-order valence-corrected chi connectivity index (χ3v) is 11.5. The summed E-state index contributed by atoms with van der Waals surface area (Å²) in [6, 6.07) is 3.95. The van der Waals surface area contributed by atoms with Crippen LogP contribution in [0.1, 0.15) is 76.2 Å². The van der Waals surface area contributed by atoms with Crippen LogP contribution in [0, 0.1) is 0 Å². The summed E-state index contributed by atoms with van der Waals surface area (Å²) in [5.41, 5.74) is 1.28. The van der Waals surface area contributed by atoms with Gasteiger partial charge in [0, 0.05) is 13.0 Å². The van der Waals surface area contributed by atoms with Crippen LogP contribution in [0.15, 0.2) is 12.1 Å². The summed E-state index contributed by atoms with van der Waals surface area (Å²) in [6.07, 6.45) is 1.84. The fourth-order valence-corrected chi connectivity index (χ4v) is 5.06. The van der Waals surface area contributed by atoms with Gasteiger partial charge in [0.1, 0.15) is 11.4 Å². The Kier molecular flexibility index (Phi) is 8.87. The van der Waals surface area contributed by atoms with Gasteiger partial charge in [0.15, 0.2) is 19.1 Å². The van der Waals surface area contributed by atoms with Crippen molar-refractivity contribution in [3.05, 3.63) is 22.7 Å². The zero-order chi connectivity index (χ0) is 25.0. The largest absolute Gasteiger partial charge is 0.496 e. The van der Waals surface area contributed by atoms with E-state index >= 15 is 0 Å². The standard InChI is InChI=1S/C25H39NO5SSi/c1-24(2,3)31-22(28)13-12-19(27)23-26-18-15-17(20(29-7)16-21(18)32-23)11-10-14-30-33(8,9)25(4,5)6/h15-16H,10-14H2,1-9H3. The van der Waals surface area contributed by atoms with E-state index in [-0.39, 0.29) is 29.6 Å². The van der Waals surface area contributed by atoms with Gasteiger partial charge >= 0.3 is 5.97 Å². The molecule has 0 saturated heterocycles. The summed E-state index contributed by atoms with van der Waals surface area (Å²) in [7, 11) is -0.102. The lowest BCUT2D eigenvalue weighted by atomic mass is 10.1. The molecule has 0 unspecified atom stereocenters. The quantitative estimate of drug-likeness (QED) is 0.161. The Morgan fingerprint density at radius 3 is 2.30 bits per heavy atom. The lowest BCUT2D eigenvalue weighted by molar-refractivity contribution is -0.154. The fourth-order valence-electron chi connectivity index (χ4n) is 3.02. The number of nitrogens with zero attached hydrogens (tertiary/aromatic N) is 1. The Balaban J connectivity index is 2.04. The van der Waals surface area contributed by atoms with Gasteiger partial charge in [0.05, 0.1) is 23.7 Å². The number of carbonyl (C=O) groups excluding carboxylic acids is 2. The molecule has 2 aromatic rings. The SMILES string of the molecule is COc1cc2sc(C(=O)CCC(=O)OC(C)(C)C)nc2cc1CCCO[Si](C)(C)C(C)(C)C. The minimum atomic E-state index is -1.76. The Hall–Kier alpha value is -1.77. The third kappa shape index (κ3) is 7.90. The van der Waals surface area contributed by atoms with E-state index in [0.29, 0.717) is 11.6 Å². The number of aryl methyl sites for hydroxylation is 1. The molecule has 1 aromatic carbocycles. The molecule has 2 rings (SSSR count). The molecule has 1 heterocycles. The number of hydrogen-bond acceptors (Lipinski definition) is 7. The van der Waals surface area contributed by atoms with Crippen molar-refractivity contribution >= 4 is 41.6 Å². The molecule has 0 saturated carbocycles. The molecule has 33 heavy (non-hydrogen) atoms. The van der Waals surface area contributed by atoms with Crippen molar-refractivity contribution in [2.24, 2.45) is 0 Å². The molecular formula is C25H39NO5SSi. The molecule has 0 aliphatic heterocycles. The summed E-state index contributed by atoms with van der Waals surface area (Å²) in [4.78, 5) is 29.1. The molecule has 0 amide bonds. The topological polar surface area (TPSA) is 74.7 Å². The first-order chi connectivity index (χ1) is 15.1. The first-order valence-electron chi connectivity index (χ1n) is 11.5. The monoisotopic (exact) mass is 493 g/mol. The van der Waals surface area contributed by atoms with E-state index in [0.717, 1.165) is 34.4 Å². The highest BCUT2D eigenvalue weighted by Gasteiger charge is 2.36. The highest BCUT2D eigenvalue weighted by molar-refractivity contribution is 7.20. The van der Waals surface area contributed by atoms with Crippen LogP contribution in [0.5, 0.6) is 5.75 Å². The second-order valence-corrected chi connectivity index (χ2v) is 16.7. The summed E-state index contributed by atoms with van der Waals surface area (Å²) in [6.45, 7) is 17.4. The van der Waals surface area contributed by atoms with Crippen molar-refractivity contribution in [1.29, 1.82) is 0 Å². The van der Waals surface area contributed by atoms with Crippen molar-refractivity contribution in [3.8, 4) is 5.75 Å². The van der Waals surface area contributed by atoms with E-state index in [1.54, 1.807) is 7.11 Å². The Morgan fingerprint density at radius 2 is 1.73 bits per heavy atom. The number of fused-ring (bicyclic) bond motifs is 1. The highest BCUT2D eigenvalue weighted by Crippen LogP contribution is 2.37. The molecular weight excluding hydrogens is 454 g/mol. The molecule has 6 nitrogen and oxygen atoms in total. The van der Waals surface area contributed by atoms with Crippen LogP contribution in [0.3, 0.4) is 0 Å². The molecule has 184 valence electrons. The number of ketones is 1. The number of ether oxygens (including phenoxy) is 2. The molecule has 0 fully saturated rings. The molecule has 0 spiro atoms. The van der Waals surface area contributed by atoms with E-state index in [4.69, 9.17) is 13.9 Å². The Morgan fingerprint density at radius 1 is 1.06 bits per heavy atom. The maximum Gasteiger partial charge on any atom is 0.306 e. The smallest absolute Gasteiger partial charge is 0.306 e. The van der Waals surface area contributed by atoms with Crippen LogP contribution in [-0.4, -0.2) is 44.4 Å². The van der Waals surface area contributed by atoms with Crippen LogP contribution in [-0.2, 0) is 20.4 Å².